The van der Waals surface area contributed by atoms with E-state index in [1.54, 1.807) is 0 Å². The molecule has 1 atom stereocenters. The largest absolute Gasteiger partial charge is 0.382 e. The summed E-state index contributed by atoms with van der Waals surface area (Å²) in [5.41, 5.74) is 5.84. The second-order valence-electron chi connectivity index (χ2n) is 3.38. The molecule has 0 bridgehead atoms. The molecule has 2 heteroatoms. The van der Waals surface area contributed by atoms with Crippen molar-refractivity contribution >= 4 is 0 Å². The van der Waals surface area contributed by atoms with Gasteiger partial charge < -0.3 is 10.5 Å². The van der Waals surface area contributed by atoms with Gasteiger partial charge >= 0.3 is 0 Å². The van der Waals surface area contributed by atoms with Crippen LogP contribution in [0, 0.1) is 5.92 Å². The quantitative estimate of drug-likeness (QED) is 0.600. The average molecular weight is 159 g/mol. The van der Waals surface area contributed by atoms with Gasteiger partial charge in [-0.25, -0.2) is 0 Å². The number of rotatable bonds is 6. The van der Waals surface area contributed by atoms with Crippen LogP contribution in [0.15, 0.2) is 0 Å². The molecule has 2 N–H and O–H groups in total. The molecule has 0 aromatic heterocycles. The first kappa shape index (κ1) is 10.9. The molecule has 0 saturated carbocycles. The van der Waals surface area contributed by atoms with Crippen molar-refractivity contribution in [2.45, 2.75) is 39.7 Å². The molecule has 68 valence electrons. The van der Waals surface area contributed by atoms with E-state index in [2.05, 4.69) is 13.8 Å². The van der Waals surface area contributed by atoms with Gasteiger partial charge in [-0.3, -0.25) is 0 Å². The van der Waals surface area contributed by atoms with Crippen molar-refractivity contribution in [1.29, 1.82) is 0 Å². The lowest BCUT2D eigenvalue weighted by Gasteiger charge is -2.13. The van der Waals surface area contributed by atoms with Crippen LogP contribution in [-0.2, 0) is 4.74 Å². The molecule has 0 amide bonds. The highest BCUT2D eigenvalue weighted by Crippen LogP contribution is 2.05. The van der Waals surface area contributed by atoms with Gasteiger partial charge in [0.2, 0.25) is 0 Å². The lowest BCUT2D eigenvalue weighted by atomic mass is 10.0. The van der Waals surface area contributed by atoms with Crippen molar-refractivity contribution in [1.82, 2.24) is 0 Å². The van der Waals surface area contributed by atoms with Gasteiger partial charge in [0, 0.05) is 19.3 Å². The minimum atomic E-state index is 0.321. The Balaban J connectivity index is 3.15. The fourth-order valence-corrected chi connectivity index (χ4v) is 1.10. The third kappa shape index (κ3) is 7.82. The summed E-state index contributed by atoms with van der Waals surface area (Å²) >= 11 is 0. The standard InChI is InChI=1S/C9H21NO/c1-4-11-6-5-9(10)7-8(2)3/h8-9H,4-7,10H2,1-3H3/t9-/m1/s1. The maximum Gasteiger partial charge on any atom is 0.0480 e. The van der Waals surface area contributed by atoms with Crippen LogP contribution in [0.4, 0.5) is 0 Å². The first-order valence-electron chi connectivity index (χ1n) is 4.50. The summed E-state index contributed by atoms with van der Waals surface area (Å²) in [4.78, 5) is 0. The first-order chi connectivity index (χ1) is 5.16. The van der Waals surface area contributed by atoms with E-state index in [1.165, 1.54) is 0 Å². The summed E-state index contributed by atoms with van der Waals surface area (Å²) in [6, 6.07) is 0.321. The zero-order valence-electron chi connectivity index (χ0n) is 7.97. The Morgan fingerprint density at radius 2 is 2.00 bits per heavy atom. The molecular formula is C9H21NO. The van der Waals surface area contributed by atoms with E-state index in [0.717, 1.165) is 26.1 Å². The zero-order valence-corrected chi connectivity index (χ0v) is 7.97. The second-order valence-corrected chi connectivity index (χ2v) is 3.38. The number of ether oxygens (including phenoxy) is 1. The second kappa shape index (κ2) is 6.62. The third-order valence-corrected chi connectivity index (χ3v) is 1.61. The minimum Gasteiger partial charge on any atom is -0.382 e. The summed E-state index contributed by atoms with van der Waals surface area (Å²) in [6.45, 7) is 8.01. The van der Waals surface area contributed by atoms with E-state index in [1.807, 2.05) is 6.92 Å². The Morgan fingerprint density at radius 1 is 1.36 bits per heavy atom. The predicted octanol–water partition coefficient (Wildman–Crippen LogP) is 1.79. The fraction of sp³-hybridized carbons (Fsp3) is 1.00. The number of hydrogen-bond acceptors (Lipinski definition) is 2. The molecule has 0 spiro atoms. The molecule has 0 aliphatic rings. The maximum absolute atomic E-state index is 5.84. The zero-order chi connectivity index (χ0) is 8.69. The van der Waals surface area contributed by atoms with Gasteiger partial charge in [-0.1, -0.05) is 13.8 Å². The van der Waals surface area contributed by atoms with E-state index in [4.69, 9.17) is 10.5 Å². The van der Waals surface area contributed by atoms with Gasteiger partial charge in [-0.15, -0.1) is 0 Å². The molecule has 0 saturated heterocycles. The molecule has 0 aromatic carbocycles. The Bertz CT molecular complexity index is 83.6. The lowest BCUT2D eigenvalue weighted by molar-refractivity contribution is 0.138. The van der Waals surface area contributed by atoms with Gasteiger partial charge in [0.1, 0.15) is 0 Å². The van der Waals surface area contributed by atoms with Crippen LogP contribution < -0.4 is 5.73 Å². The van der Waals surface area contributed by atoms with Crippen molar-refractivity contribution in [3.05, 3.63) is 0 Å². The smallest absolute Gasteiger partial charge is 0.0480 e. The maximum atomic E-state index is 5.84. The minimum absolute atomic E-state index is 0.321. The Morgan fingerprint density at radius 3 is 2.45 bits per heavy atom. The molecule has 11 heavy (non-hydrogen) atoms. The molecular weight excluding hydrogens is 138 g/mol. The average Bonchev–Trinajstić information content (AvgIpc) is 1.86. The van der Waals surface area contributed by atoms with Crippen molar-refractivity contribution in [2.75, 3.05) is 13.2 Å². The van der Waals surface area contributed by atoms with E-state index < -0.39 is 0 Å². The third-order valence-electron chi connectivity index (χ3n) is 1.61. The number of nitrogens with two attached hydrogens (primary N) is 1. The highest BCUT2D eigenvalue weighted by atomic mass is 16.5. The molecule has 0 aromatic rings. The summed E-state index contributed by atoms with van der Waals surface area (Å²) in [7, 11) is 0. The van der Waals surface area contributed by atoms with Gasteiger partial charge in [0.25, 0.3) is 0 Å². The molecule has 0 aliphatic heterocycles. The summed E-state index contributed by atoms with van der Waals surface area (Å²) < 4.78 is 5.21. The molecule has 0 heterocycles. The van der Waals surface area contributed by atoms with E-state index in [0.29, 0.717) is 12.0 Å². The van der Waals surface area contributed by atoms with Crippen LogP contribution in [0.2, 0.25) is 0 Å². The predicted molar refractivity (Wildman–Crippen MR) is 48.5 cm³/mol. The van der Waals surface area contributed by atoms with E-state index in [9.17, 15) is 0 Å². The molecule has 0 rings (SSSR count). The normalized spacial score (nSPS) is 13.9. The van der Waals surface area contributed by atoms with Gasteiger partial charge in [0.05, 0.1) is 0 Å². The van der Waals surface area contributed by atoms with Gasteiger partial charge in [-0.2, -0.15) is 0 Å². The Kier molecular flexibility index (Phi) is 6.57. The molecule has 0 fully saturated rings. The number of hydrogen-bond donors (Lipinski definition) is 1. The SMILES string of the molecule is CCOCC[C@@H](N)CC(C)C. The molecule has 0 radical (unpaired) electrons. The molecule has 0 aliphatic carbocycles. The molecule has 2 nitrogen and oxygen atoms in total. The van der Waals surface area contributed by atoms with Crippen LogP contribution >= 0.6 is 0 Å². The van der Waals surface area contributed by atoms with Crippen LogP contribution in [0.3, 0.4) is 0 Å². The van der Waals surface area contributed by atoms with Crippen LogP contribution in [0.25, 0.3) is 0 Å². The summed E-state index contributed by atoms with van der Waals surface area (Å²) in [5, 5.41) is 0. The van der Waals surface area contributed by atoms with Crippen molar-refractivity contribution in [2.24, 2.45) is 11.7 Å². The lowest BCUT2D eigenvalue weighted by Crippen LogP contribution is -2.23. The van der Waals surface area contributed by atoms with E-state index >= 15 is 0 Å². The van der Waals surface area contributed by atoms with Crippen LogP contribution in [0.5, 0.6) is 0 Å². The highest BCUT2D eigenvalue weighted by molar-refractivity contribution is 4.62. The first-order valence-corrected chi connectivity index (χ1v) is 4.50. The van der Waals surface area contributed by atoms with Crippen molar-refractivity contribution in [3.8, 4) is 0 Å². The van der Waals surface area contributed by atoms with Crippen molar-refractivity contribution in [3.63, 3.8) is 0 Å². The van der Waals surface area contributed by atoms with Crippen LogP contribution in [-0.4, -0.2) is 19.3 Å². The molecule has 0 unspecified atom stereocenters. The van der Waals surface area contributed by atoms with E-state index in [-0.39, 0.29) is 0 Å². The van der Waals surface area contributed by atoms with Gasteiger partial charge in [0.15, 0.2) is 0 Å². The summed E-state index contributed by atoms with van der Waals surface area (Å²) in [5.74, 6) is 0.701. The monoisotopic (exact) mass is 159 g/mol. The Hall–Kier alpha value is -0.0800. The van der Waals surface area contributed by atoms with Gasteiger partial charge in [-0.05, 0) is 25.7 Å². The summed E-state index contributed by atoms with van der Waals surface area (Å²) in [6.07, 6.45) is 2.10. The Labute approximate surface area is 70.1 Å². The van der Waals surface area contributed by atoms with Crippen molar-refractivity contribution < 1.29 is 4.74 Å². The fourth-order valence-electron chi connectivity index (χ4n) is 1.10. The van der Waals surface area contributed by atoms with Crippen LogP contribution in [0.1, 0.15) is 33.6 Å². The topological polar surface area (TPSA) is 35.2 Å². The highest BCUT2D eigenvalue weighted by Gasteiger charge is 2.04.